The van der Waals surface area contributed by atoms with Gasteiger partial charge in [-0.15, -0.1) is 5.10 Å². The zero-order valence-electron chi connectivity index (χ0n) is 15.8. The third-order valence-electron chi connectivity index (χ3n) is 4.00. The van der Waals surface area contributed by atoms with E-state index >= 15 is 0 Å². The smallest absolute Gasteiger partial charge is 0.209 e. The zero-order valence-corrected chi connectivity index (χ0v) is 16.6. The van der Waals surface area contributed by atoms with E-state index in [0.29, 0.717) is 23.4 Å². The second-order valence-electron chi connectivity index (χ2n) is 6.71. The summed E-state index contributed by atoms with van der Waals surface area (Å²) >= 11 is 1.38. The van der Waals surface area contributed by atoms with Crippen molar-refractivity contribution in [2.45, 2.75) is 52.4 Å². The first-order valence-electron chi connectivity index (χ1n) is 8.44. The molecule has 138 valence electrons. The number of thioether (sulfide) groups is 1. The number of hydrogen-bond donors (Lipinski definition) is 0. The maximum Gasteiger partial charge on any atom is 0.209 e. The van der Waals surface area contributed by atoms with Gasteiger partial charge in [-0.05, 0) is 43.2 Å². The van der Waals surface area contributed by atoms with Gasteiger partial charge in [0.15, 0.2) is 5.78 Å². The summed E-state index contributed by atoms with van der Waals surface area (Å²) in [4.78, 5) is 12.7. The lowest BCUT2D eigenvalue weighted by Gasteiger charge is -2.17. The summed E-state index contributed by atoms with van der Waals surface area (Å²) in [6.07, 6.45) is 0. The van der Waals surface area contributed by atoms with Crippen molar-refractivity contribution in [1.82, 2.24) is 24.8 Å². The van der Waals surface area contributed by atoms with Crippen LogP contribution in [0.5, 0.6) is 0 Å². The van der Waals surface area contributed by atoms with Gasteiger partial charge in [0.05, 0.1) is 18.4 Å². The highest BCUT2D eigenvalue weighted by Crippen LogP contribution is 2.23. The van der Waals surface area contributed by atoms with Gasteiger partial charge in [0, 0.05) is 30.6 Å². The summed E-state index contributed by atoms with van der Waals surface area (Å²) in [6.45, 7) is 11.7. The molecule has 0 saturated heterocycles. The van der Waals surface area contributed by atoms with Crippen molar-refractivity contribution in [1.29, 1.82) is 0 Å². The van der Waals surface area contributed by atoms with Crippen LogP contribution in [0.25, 0.3) is 0 Å². The van der Waals surface area contributed by atoms with Crippen LogP contribution in [0.1, 0.15) is 48.6 Å². The number of methoxy groups -OCH3 is 1. The molecule has 2 aromatic heterocycles. The lowest BCUT2D eigenvalue weighted by atomic mass is 10.2. The Morgan fingerprint density at radius 3 is 2.68 bits per heavy atom. The number of carbonyl (C=O) groups is 1. The second kappa shape index (κ2) is 8.62. The third-order valence-corrected chi connectivity index (χ3v) is 4.96. The van der Waals surface area contributed by atoms with Crippen LogP contribution in [0, 0.1) is 19.8 Å². The molecule has 0 aromatic carbocycles. The minimum Gasteiger partial charge on any atom is -0.383 e. The van der Waals surface area contributed by atoms with Crippen LogP contribution in [-0.2, 0) is 11.3 Å². The summed E-state index contributed by atoms with van der Waals surface area (Å²) in [5, 5.41) is 12.4. The number of nitrogens with zero attached hydrogens (tertiary/aromatic N) is 5. The van der Waals surface area contributed by atoms with Crippen molar-refractivity contribution in [2.75, 3.05) is 19.5 Å². The van der Waals surface area contributed by atoms with Crippen LogP contribution < -0.4 is 0 Å². The highest BCUT2D eigenvalue weighted by molar-refractivity contribution is 7.99. The molecule has 25 heavy (non-hydrogen) atoms. The molecule has 0 fully saturated rings. The molecule has 0 radical (unpaired) electrons. The van der Waals surface area contributed by atoms with Gasteiger partial charge in [0.2, 0.25) is 5.16 Å². The maximum absolute atomic E-state index is 12.7. The first kappa shape index (κ1) is 19.7. The maximum atomic E-state index is 12.7. The van der Waals surface area contributed by atoms with E-state index in [9.17, 15) is 4.79 Å². The minimum atomic E-state index is 0.0908. The van der Waals surface area contributed by atoms with E-state index in [1.54, 1.807) is 11.8 Å². The van der Waals surface area contributed by atoms with Gasteiger partial charge in [0.1, 0.15) is 0 Å². The Labute approximate surface area is 153 Å². The van der Waals surface area contributed by atoms with Crippen molar-refractivity contribution in [3.8, 4) is 0 Å². The Kier molecular flexibility index (Phi) is 6.78. The van der Waals surface area contributed by atoms with Gasteiger partial charge < -0.3 is 9.30 Å². The summed E-state index contributed by atoms with van der Waals surface area (Å²) in [5.74, 6) is 0.856. The lowest BCUT2D eigenvalue weighted by molar-refractivity contribution is 0.102. The normalized spacial score (nSPS) is 12.8. The van der Waals surface area contributed by atoms with Crippen LogP contribution >= 0.6 is 11.8 Å². The van der Waals surface area contributed by atoms with Crippen molar-refractivity contribution in [2.24, 2.45) is 5.92 Å². The third kappa shape index (κ3) is 4.70. The monoisotopic (exact) mass is 365 g/mol. The number of aromatic nitrogens is 5. The van der Waals surface area contributed by atoms with Gasteiger partial charge in [-0.25, -0.2) is 4.68 Å². The molecular formula is C17H27N5O2S. The molecule has 0 N–H and O–H groups in total. The van der Waals surface area contributed by atoms with Gasteiger partial charge >= 0.3 is 0 Å². The lowest BCUT2D eigenvalue weighted by Crippen LogP contribution is -2.15. The molecule has 0 bridgehead atoms. The number of ether oxygens (including phenoxy) is 1. The number of ketones is 1. The summed E-state index contributed by atoms with van der Waals surface area (Å²) in [6, 6.07) is 2.15. The van der Waals surface area contributed by atoms with Crippen LogP contribution in [-0.4, -0.2) is 50.0 Å². The molecule has 2 aromatic rings. The van der Waals surface area contributed by atoms with Gasteiger partial charge in [-0.2, -0.15) is 0 Å². The molecular weight excluding hydrogens is 338 g/mol. The molecule has 8 heteroatoms. The number of aryl methyl sites for hydroxylation is 1. The fourth-order valence-corrected chi connectivity index (χ4v) is 3.79. The van der Waals surface area contributed by atoms with E-state index in [1.165, 1.54) is 11.8 Å². The number of tetrazole rings is 1. The van der Waals surface area contributed by atoms with Crippen LogP contribution in [0.2, 0.25) is 0 Å². The van der Waals surface area contributed by atoms with Crippen molar-refractivity contribution < 1.29 is 9.53 Å². The van der Waals surface area contributed by atoms with Gasteiger partial charge in [-0.3, -0.25) is 4.79 Å². The Hall–Kier alpha value is -1.67. The molecule has 0 aliphatic heterocycles. The van der Waals surface area contributed by atoms with Crippen molar-refractivity contribution in [3.05, 3.63) is 23.0 Å². The average molecular weight is 366 g/mol. The Balaban J connectivity index is 2.09. The Bertz CT molecular complexity index is 723. The molecule has 2 heterocycles. The SMILES string of the molecule is COCC(C)n1c(C)cc(C(=O)CSc2nnnn2CC(C)C)c1C. The summed E-state index contributed by atoms with van der Waals surface area (Å²) < 4.78 is 9.16. The summed E-state index contributed by atoms with van der Waals surface area (Å²) in [5.41, 5.74) is 2.81. The molecule has 1 atom stereocenters. The molecule has 2 rings (SSSR count). The zero-order chi connectivity index (χ0) is 18.6. The van der Waals surface area contributed by atoms with Crippen LogP contribution in [0.15, 0.2) is 11.2 Å². The predicted molar refractivity (Wildman–Crippen MR) is 98.2 cm³/mol. The predicted octanol–water partition coefficient (Wildman–Crippen LogP) is 2.93. The van der Waals surface area contributed by atoms with Crippen molar-refractivity contribution >= 4 is 17.5 Å². The van der Waals surface area contributed by atoms with Gasteiger partial charge in [-0.1, -0.05) is 25.6 Å². The van der Waals surface area contributed by atoms with Gasteiger partial charge in [0.25, 0.3) is 0 Å². The highest BCUT2D eigenvalue weighted by atomic mass is 32.2. The number of carbonyl (C=O) groups excluding carboxylic acids is 1. The van der Waals surface area contributed by atoms with E-state index in [-0.39, 0.29) is 11.8 Å². The average Bonchev–Trinajstić information content (AvgIpc) is 3.08. The number of Topliss-reactive ketones (excluding diaryl/α,β-unsaturated/α-hetero) is 1. The van der Waals surface area contributed by atoms with Crippen LogP contribution in [0.4, 0.5) is 0 Å². The standard InChI is InChI=1S/C17H27N5O2S/c1-11(2)8-21-17(18-19-20-21)25-10-16(23)15-7-12(3)22(14(15)5)13(4)9-24-6/h7,11,13H,8-10H2,1-6H3. The fraction of sp³-hybridized carbons (Fsp3) is 0.647. The number of rotatable bonds is 9. The van der Waals surface area contributed by atoms with E-state index in [4.69, 9.17) is 4.74 Å². The number of hydrogen-bond acceptors (Lipinski definition) is 6. The second-order valence-corrected chi connectivity index (χ2v) is 7.65. The summed E-state index contributed by atoms with van der Waals surface area (Å²) in [7, 11) is 1.69. The molecule has 0 aliphatic carbocycles. The first-order chi connectivity index (χ1) is 11.8. The first-order valence-corrected chi connectivity index (χ1v) is 9.43. The molecule has 7 nitrogen and oxygen atoms in total. The van der Waals surface area contributed by atoms with Crippen LogP contribution in [0.3, 0.4) is 0 Å². The molecule has 1 unspecified atom stereocenters. The molecule has 0 spiro atoms. The largest absolute Gasteiger partial charge is 0.383 e. The Morgan fingerprint density at radius 1 is 1.32 bits per heavy atom. The molecule has 0 amide bonds. The van der Waals surface area contributed by atoms with E-state index in [2.05, 4.69) is 40.9 Å². The van der Waals surface area contributed by atoms with E-state index in [0.717, 1.165) is 23.5 Å². The van der Waals surface area contributed by atoms with E-state index in [1.807, 2.05) is 19.9 Å². The highest BCUT2D eigenvalue weighted by Gasteiger charge is 2.20. The topological polar surface area (TPSA) is 74.8 Å². The fourth-order valence-electron chi connectivity index (χ4n) is 3.02. The van der Waals surface area contributed by atoms with Crippen molar-refractivity contribution in [3.63, 3.8) is 0 Å². The van der Waals surface area contributed by atoms with E-state index < -0.39 is 0 Å². The molecule has 0 saturated carbocycles. The quantitative estimate of drug-likeness (QED) is 0.502. The molecule has 0 aliphatic rings. The minimum absolute atomic E-state index is 0.0908. The Morgan fingerprint density at radius 2 is 2.04 bits per heavy atom.